The third-order valence-electron chi connectivity index (χ3n) is 3.65. The van der Waals surface area contributed by atoms with Gasteiger partial charge in [-0.2, -0.15) is 0 Å². The predicted molar refractivity (Wildman–Crippen MR) is 57.2 cm³/mol. The van der Waals surface area contributed by atoms with Crippen molar-refractivity contribution in [1.82, 2.24) is 10.0 Å². The fraction of sp³-hybridized carbons (Fsp3) is 0.909. The summed E-state index contributed by atoms with van der Waals surface area (Å²) in [7, 11) is 1.48. The summed E-state index contributed by atoms with van der Waals surface area (Å²) in [6.45, 7) is 5.18. The maximum atomic E-state index is 11.8. The van der Waals surface area contributed by atoms with E-state index in [2.05, 4.69) is 10.0 Å². The Hall–Kier alpha value is -0.610. The highest BCUT2D eigenvalue weighted by molar-refractivity contribution is 5.80. The smallest absolute Gasteiger partial charge is 0.327 e. The molecule has 15 heavy (non-hydrogen) atoms. The fourth-order valence-corrected chi connectivity index (χ4v) is 2.77. The van der Waals surface area contributed by atoms with Crippen LogP contribution < -0.4 is 0 Å². The minimum absolute atomic E-state index is 0.0908. The average Bonchev–Trinajstić information content (AvgIpc) is 2.85. The van der Waals surface area contributed by atoms with Gasteiger partial charge < -0.3 is 4.74 Å². The summed E-state index contributed by atoms with van der Waals surface area (Å²) in [6, 6.07) is 0. The number of hydrogen-bond donors (Lipinski definition) is 0. The van der Waals surface area contributed by atoms with E-state index < -0.39 is 5.54 Å². The minimum atomic E-state index is -0.418. The van der Waals surface area contributed by atoms with E-state index in [1.807, 2.05) is 6.92 Å². The Bertz CT molecular complexity index is 251. The van der Waals surface area contributed by atoms with Crippen molar-refractivity contribution in [2.45, 2.75) is 38.1 Å². The number of hydrogen-bond acceptors (Lipinski definition) is 4. The maximum Gasteiger partial charge on any atom is 0.327 e. The number of ether oxygens (including phenoxy) is 1. The Morgan fingerprint density at radius 3 is 2.47 bits per heavy atom. The molecule has 86 valence electrons. The molecule has 2 aliphatic heterocycles. The van der Waals surface area contributed by atoms with Crippen LogP contribution in [0, 0.1) is 0 Å². The molecule has 0 radical (unpaired) electrons. The van der Waals surface area contributed by atoms with Crippen LogP contribution in [0.15, 0.2) is 0 Å². The molecule has 4 nitrogen and oxygen atoms in total. The number of nitrogens with zero attached hydrogens (tertiary/aromatic N) is 2. The standard InChI is InChI=1S/C11H20N2O2/c1-11(10(14)15-2)6-5-9-13(11)12-7-3-4-8-12/h3-9H2,1-2H3/t11-/m1/s1. The van der Waals surface area contributed by atoms with Crippen molar-refractivity contribution in [2.24, 2.45) is 0 Å². The molecule has 2 saturated heterocycles. The lowest BCUT2D eigenvalue weighted by Gasteiger charge is -2.38. The zero-order chi connectivity index (χ0) is 10.9. The first kappa shape index (κ1) is 10.9. The van der Waals surface area contributed by atoms with Crippen LogP contribution in [-0.2, 0) is 9.53 Å². The average molecular weight is 212 g/mol. The van der Waals surface area contributed by atoms with Crippen molar-refractivity contribution in [3.05, 3.63) is 0 Å². The Morgan fingerprint density at radius 2 is 1.87 bits per heavy atom. The van der Waals surface area contributed by atoms with E-state index in [0.29, 0.717) is 0 Å². The van der Waals surface area contributed by atoms with Gasteiger partial charge >= 0.3 is 5.97 Å². The van der Waals surface area contributed by atoms with E-state index in [4.69, 9.17) is 4.74 Å². The second kappa shape index (κ2) is 4.10. The topological polar surface area (TPSA) is 32.8 Å². The van der Waals surface area contributed by atoms with Gasteiger partial charge in [-0.15, -0.1) is 0 Å². The molecule has 2 heterocycles. The fourth-order valence-electron chi connectivity index (χ4n) is 2.77. The number of hydrazine groups is 1. The van der Waals surface area contributed by atoms with Crippen LogP contribution in [-0.4, -0.2) is 48.3 Å². The summed E-state index contributed by atoms with van der Waals surface area (Å²) in [6.07, 6.45) is 4.49. The van der Waals surface area contributed by atoms with E-state index >= 15 is 0 Å². The normalized spacial score (nSPS) is 33.5. The SMILES string of the molecule is COC(=O)[C@@]1(C)CCCN1N1CCCC1. The Kier molecular flexibility index (Phi) is 2.98. The summed E-state index contributed by atoms with van der Waals surface area (Å²) < 4.78 is 4.92. The molecular weight excluding hydrogens is 192 g/mol. The van der Waals surface area contributed by atoms with Crippen molar-refractivity contribution >= 4 is 5.97 Å². The molecule has 0 aromatic heterocycles. The highest BCUT2D eigenvalue weighted by Gasteiger charge is 2.47. The molecule has 0 spiro atoms. The van der Waals surface area contributed by atoms with Crippen LogP contribution in [0.1, 0.15) is 32.6 Å². The first-order valence-corrected chi connectivity index (χ1v) is 5.79. The molecule has 0 unspecified atom stereocenters. The van der Waals surface area contributed by atoms with Crippen molar-refractivity contribution in [3.8, 4) is 0 Å². The second-order valence-corrected chi connectivity index (χ2v) is 4.65. The van der Waals surface area contributed by atoms with Gasteiger partial charge in [0.2, 0.25) is 0 Å². The third kappa shape index (κ3) is 1.76. The quantitative estimate of drug-likeness (QED) is 0.640. The van der Waals surface area contributed by atoms with Gasteiger partial charge in [0.05, 0.1) is 7.11 Å². The zero-order valence-corrected chi connectivity index (χ0v) is 9.66. The second-order valence-electron chi connectivity index (χ2n) is 4.65. The number of methoxy groups -OCH3 is 1. The third-order valence-corrected chi connectivity index (χ3v) is 3.65. The summed E-state index contributed by atoms with van der Waals surface area (Å²) in [5, 5.41) is 4.55. The molecule has 0 aromatic carbocycles. The first-order valence-electron chi connectivity index (χ1n) is 5.79. The molecule has 0 bridgehead atoms. The summed E-state index contributed by atoms with van der Waals surface area (Å²) in [4.78, 5) is 11.8. The van der Waals surface area contributed by atoms with Crippen LogP contribution in [0.25, 0.3) is 0 Å². The lowest BCUT2D eigenvalue weighted by atomic mass is 10.0. The number of carbonyl (C=O) groups excluding carboxylic acids is 1. The van der Waals surface area contributed by atoms with Crippen LogP contribution in [0.2, 0.25) is 0 Å². The number of esters is 1. The lowest BCUT2D eigenvalue weighted by molar-refractivity contribution is -0.164. The van der Waals surface area contributed by atoms with E-state index in [9.17, 15) is 4.79 Å². The minimum Gasteiger partial charge on any atom is -0.468 e. The van der Waals surface area contributed by atoms with Crippen molar-refractivity contribution in [2.75, 3.05) is 26.7 Å². The van der Waals surface area contributed by atoms with E-state index in [1.165, 1.54) is 20.0 Å². The van der Waals surface area contributed by atoms with Gasteiger partial charge in [0.1, 0.15) is 5.54 Å². The largest absolute Gasteiger partial charge is 0.468 e. The number of carbonyl (C=O) groups is 1. The molecule has 0 amide bonds. The van der Waals surface area contributed by atoms with Crippen LogP contribution >= 0.6 is 0 Å². The van der Waals surface area contributed by atoms with E-state index in [-0.39, 0.29) is 5.97 Å². The Balaban J connectivity index is 2.12. The van der Waals surface area contributed by atoms with Crippen molar-refractivity contribution in [3.63, 3.8) is 0 Å². The molecule has 1 atom stereocenters. The first-order chi connectivity index (χ1) is 7.18. The van der Waals surface area contributed by atoms with Gasteiger partial charge in [0.15, 0.2) is 0 Å². The molecule has 0 saturated carbocycles. The molecule has 2 rings (SSSR count). The van der Waals surface area contributed by atoms with Gasteiger partial charge in [-0.05, 0) is 32.6 Å². The highest BCUT2D eigenvalue weighted by atomic mass is 16.5. The van der Waals surface area contributed by atoms with Crippen LogP contribution in [0.5, 0.6) is 0 Å². The van der Waals surface area contributed by atoms with Gasteiger partial charge in [0, 0.05) is 19.6 Å². The van der Waals surface area contributed by atoms with Gasteiger partial charge in [-0.25, -0.2) is 10.0 Å². The Labute approximate surface area is 91.1 Å². The van der Waals surface area contributed by atoms with Gasteiger partial charge in [0.25, 0.3) is 0 Å². The molecule has 4 heteroatoms. The monoisotopic (exact) mass is 212 g/mol. The lowest BCUT2D eigenvalue weighted by Crippen LogP contribution is -2.55. The van der Waals surface area contributed by atoms with E-state index in [0.717, 1.165) is 32.5 Å². The molecule has 0 aromatic rings. The molecular formula is C11H20N2O2. The van der Waals surface area contributed by atoms with Gasteiger partial charge in [-0.3, -0.25) is 4.79 Å². The van der Waals surface area contributed by atoms with Crippen LogP contribution in [0.4, 0.5) is 0 Å². The highest BCUT2D eigenvalue weighted by Crippen LogP contribution is 2.33. The molecule has 2 fully saturated rings. The summed E-state index contributed by atoms with van der Waals surface area (Å²) in [5.41, 5.74) is -0.418. The molecule has 2 aliphatic rings. The van der Waals surface area contributed by atoms with Crippen LogP contribution in [0.3, 0.4) is 0 Å². The predicted octanol–water partition coefficient (Wildman–Crippen LogP) is 1.02. The number of rotatable bonds is 2. The maximum absolute atomic E-state index is 11.8. The Morgan fingerprint density at radius 1 is 1.20 bits per heavy atom. The zero-order valence-electron chi connectivity index (χ0n) is 9.66. The summed E-state index contributed by atoms with van der Waals surface area (Å²) in [5.74, 6) is -0.0908. The molecule has 0 aliphatic carbocycles. The molecule has 0 N–H and O–H groups in total. The van der Waals surface area contributed by atoms with Gasteiger partial charge in [-0.1, -0.05) is 0 Å². The van der Waals surface area contributed by atoms with E-state index in [1.54, 1.807) is 0 Å². The van der Waals surface area contributed by atoms with Crippen molar-refractivity contribution in [1.29, 1.82) is 0 Å². The summed E-state index contributed by atoms with van der Waals surface area (Å²) >= 11 is 0. The van der Waals surface area contributed by atoms with Crippen molar-refractivity contribution < 1.29 is 9.53 Å².